The van der Waals surface area contributed by atoms with E-state index >= 15 is 0 Å². The van der Waals surface area contributed by atoms with Gasteiger partial charge in [0.25, 0.3) is 0 Å². The molecule has 0 spiro atoms. The molecule has 4 rings (SSSR count). The van der Waals surface area contributed by atoms with Crippen molar-refractivity contribution >= 4 is 16.9 Å². The Kier molecular flexibility index (Phi) is 4.57. The number of hydrogen-bond acceptors (Lipinski definition) is 6. The summed E-state index contributed by atoms with van der Waals surface area (Å²) in [5.74, 6) is 0.950. The van der Waals surface area contributed by atoms with Gasteiger partial charge in [0.1, 0.15) is 11.3 Å². The van der Waals surface area contributed by atoms with Crippen LogP contribution in [0.4, 0.5) is 0 Å². The Balaban J connectivity index is 1.50. The Morgan fingerprint density at radius 3 is 2.68 bits per heavy atom. The van der Waals surface area contributed by atoms with Crippen molar-refractivity contribution in [3.05, 3.63) is 65.0 Å². The number of carbonyl (C=O) groups excluding carboxylic acids is 1. The standard InChI is InChI=1S/C21H19N3O4/c1-12-4-9-17-16(10-12)13(2)18(27-17)19-23-21(28-24-19)20(25)22-11-14-5-7-15(26-3)8-6-14/h4-10H,11H2,1-3H3,(H,22,25). The van der Waals surface area contributed by atoms with Gasteiger partial charge in [0.15, 0.2) is 5.76 Å². The third-order valence-corrected chi connectivity index (χ3v) is 4.53. The summed E-state index contributed by atoms with van der Waals surface area (Å²) in [5.41, 5.74) is 3.71. The first-order valence-corrected chi connectivity index (χ1v) is 8.80. The molecule has 4 aromatic rings. The van der Waals surface area contributed by atoms with Crippen LogP contribution in [0.15, 0.2) is 51.4 Å². The number of benzene rings is 2. The van der Waals surface area contributed by atoms with E-state index < -0.39 is 5.91 Å². The maximum Gasteiger partial charge on any atom is 0.316 e. The first kappa shape index (κ1) is 17.8. The van der Waals surface area contributed by atoms with Crippen molar-refractivity contribution in [2.75, 3.05) is 7.11 Å². The molecule has 2 aromatic carbocycles. The summed E-state index contributed by atoms with van der Waals surface area (Å²) in [5, 5.41) is 7.66. The van der Waals surface area contributed by atoms with Gasteiger partial charge in [-0.05, 0) is 43.7 Å². The Morgan fingerprint density at radius 1 is 1.14 bits per heavy atom. The average molecular weight is 377 g/mol. The van der Waals surface area contributed by atoms with E-state index in [9.17, 15) is 4.79 Å². The molecule has 0 aliphatic rings. The molecule has 142 valence electrons. The normalized spacial score (nSPS) is 11.0. The molecule has 0 radical (unpaired) electrons. The number of fused-ring (bicyclic) bond motifs is 1. The van der Waals surface area contributed by atoms with Crippen LogP contribution in [0.1, 0.15) is 27.4 Å². The van der Waals surface area contributed by atoms with Crippen molar-refractivity contribution in [3.63, 3.8) is 0 Å². The summed E-state index contributed by atoms with van der Waals surface area (Å²) < 4.78 is 16.1. The molecule has 0 saturated heterocycles. The lowest BCUT2D eigenvalue weighted by atomic mass is 10.1. The number of aromatic nitrogens is 2. The fourth-order valence-electron chi connectivity index (χ4n) is 2.96. The van der Waals surface area contributed by atoms with Crippen LogP contribution >= 0.6 is 0 Å². The molecule has 1 N–H and O–H groups in total. The molecule has 0 bridgehead atoms. The van der Waals surface area contributed by atoms with Crippen LogP contribution in [0.5, 0.6) is 5.75 Å². The van der Waals surface area contributed by atoms with Crippen molar-refractivity contribution in [1.82, 2.24) is 15.5 Å². The number of nitrogens with zero attached hydrogens (tertiary/aromatic N) is 2. The highest BCUT2D eigenvalue weighted by atomic mass is 16.5. The van der Waals surface area contributed by atoms with E-state index in [1.165, 1.54) is 0 Å². The molecule has 0 fully saturated rings. The quantitative estimate of drug-likeness (QED) is 0.564. The van der Waals surface area contributed by atoms with Gasteiger partial charge >= 0.3 is 11.8 Å². The maximum atomic E-state index is 12.3. The van der Waals surface area contributed by atoms with Gasteiger partial charge in [0.05, 0.1) is 7.11 Å². The minimum Gasteiger partial charge on any atom is -0.497 e. The van der Waals surface area contributed by atoms with Crippen LogP contribution in [0.25, 0.3) is 22.6 Å². The summed E-state index contributed by atoms with van der Waals surface area (Å²) in [4.78, 5) is 16.5. The number of aryl methyl sites for hydroxylation is 2. The number of amides is 1. The highest BCUT2D eigenvalue weighted by molar-refractivity contribution is 5.90. The summed E-state index contributed by atoms with van der Waals surface area (Å²) in [6, 6.07) is 13.3. The largest absolute Gasteiger partial charge is 0.497 e. The number of methoxy groups -OCH3 is 1. The first-order chi connectivity index (χ1) is 13.5. The Morgan fingerprint density at radius 2 is 1.93 bits per heavy atom. The zero-order valence-corrected chi connectivity index (χ0v) is 15.8. The molecular formula is C21H19N3O4. The van der Waals surface area contributed by atoms with E-state index in [0.717, 1.165) is 33.4 Å². The number of rotatable bonds is 5. The van der Waals surface area contributed by atoms with E-state index in [2.05, 4.69) is 15.5 Å². The van der Waals surface area contributed by atoms with Crippen molar-refractivity contribution in [2.24, 2.45) is 0 Å². The van der Waals surface area contributed by atoms with Gasteiger partial charge in [0.2, 0.25) is 5.82 Å². The molecule has 1 amide bonds. The lowest BCUT2D eigenvalue weighted by molar-refractivity contribution is 0.0907. The molecule has 2 aromatic heterocycles. The van der Waals surface area contributed by atoms with E-state index in [1.807, 2.05) is 56.3 Å². The number of hydrogen-bond donors (Lipinski definition) is 1. The van der Waals surface area contributed by atoms with Crippen molar-refractivity contribution in [1.29, 1.82) is 0 Å². The molecule has 2 heterocycles. The van der Waals surface area contributed by atoms with Crippen LogP contribution in [-0.2, 0) is 6.54 Å². The third kappa shape index (κ3) is 3.34. The molecule has 28 heavy (non-hydrogen) atoms. The number of ether oxygens (including phenoxy) is 1. The maximum absolute atomic E-state index is 12.3. The molecular weight excluding hydrogens is 358 g/mol. The second-order valence-electron chi connectivity index (χ2n) is 6.51. The predicted octanol–water partition coefficient (Wildman–Crippen LogP) is 4.04. The highest BCUT2D eigenvalue weighted by Gasteiger charge is 2.21. The van der Waals surface area contributed by atoms with Crippen LogP contribution in [0.3, 0.4) is 0 Å². The van der Waals surface area contributed by atoms with Crippen LogP contribution in [0.2, 0.25) is 0 Å². The monoisotopic (exact) mass is 377 g/mol. The summed E-state index contributed by atoms with van der Waals surface area (Å²) in [6.45, 7) is 4.29. The zero-order valence-electron chi connectivity index (χ0n) is 15.8. The Labute approximate surface area is 161 Å². The lowest BCUT2D eigenvalue weighted by Gasteiger charge is -2.04. The second-order valence-corrected chi connectivity index (χ2v) is 6.51. The Hall–Kier alpha value is -3.61. The summed E-state index contributed by atoms with van der Waals surface area (Å²) >= 11 is 0. The third-order valence-electron chi connectivity index (χ3n) is 4.53. The van der Waals surface area contributed by atoms with Crippen LogP contribution in [0, 0.1) is 13.8 Å². The fraction of sp³-hybridized carbons (Fsp3) is 0.190. The summed E-state index contributed by atoms with van der Waals surface area (Å²) in [6.07, 6.45) is 0. The smallest absolute Gasteiger partial charge is 0.316 e. The van der Waals surface area contributed by atoms with Gasteiger partial charge in [-0.1, -0.05) is 28.9 Å². The van der Waals surface area contributed by atoms with Gasteiger partial charge in [-0.25, -0.2) is 0 Å². The van der Waals surface area contributed by atoms with E-state index in [-0.39, 0.29) is 11.7 Å². The van der Waals surface area contributed by atoms with Crippen molar-refractivity contribution in [3.8, 4) is 17.3 Å². The molecule has 0 aliphatic carbocycles. The fourth-order valence-corrected chi connectivity index (χ4v) is 2.96. The lowest BCUT2D eigenvalue weighted by Crippen LogP contribution is -2.23. The highest BCUT2D eigenvalue weighted by Crippen LogP contribution is 2.31. The minimum absolute atomic E-state index is 0.112. The second kappa shape index (κ2) is 7.19. The van der Waals surface area contributed by atoms with Gasteiger partial charge in [-0.3, -0.25) is 4.79 Å². The van der Waals surface area contributed by atoms with E-state index in [4.69, 9.17) is 13.7 Å². The molecule has 7 nitrogen and oxygen atoms in total. The van der Waals surface area contributed by atoms with Gasteiger partial charge in [-0.15, -0.1) is 0 Å². The molecule has 0 atom stereocenters. The predicted molar refractivity (Wildman–Crippen MR) is 103 cm³/mol. The topological polar surface area (TPSA) is 90.4 Å². The molecule has 0 unspecified atom stereocenters. The van der Waals surface area contributed by atoms with Gasteiger partial charge in [0, 0.05) is 17.5 Å². The summed E-state index contributed by atoms with van der Waals surface area (Å²) in [7, 11) is 1.61. The zero-order chi connectivity index (χ0) is 19.7. The minimum atomic E-state index is -0.445. The van der Waals surface area contributed by atoms with Crippen LogP contribution < -0.4 is 10.1 Å². The Bertz CT molecular complexity index is 1140. The van der Waals surface area contributed by atoms with Crippen molar-refractivity contribution < 1.29 is 18.5 Å². The van der Waals surface area contributed by atoms with Crippen molar-refractivity contribution in [2.45, 2.75) is 20.4 Å². The number of carbonyl (C=O) groups is 1. The number of nitrogens with one attached hydrogen (secondary N) is 1. The van der Waals surface area contributed by atoms with Gasteiger partial charge < -0.3 is 19.0 Å². The molecule has 0 aliphatic heterocycles. The van der Waals surface area contributed by atoms with Crippen LogP contribution in [-0.4, -0.2) is 23.2 Å². The van der Waals surface area contributed by atoms with E-state index in [1.54, 1.807) is 7.11 Å². The first-order valence-electron chi connectivity index (χ1n) is 8.80. The van der Waals surface area contributed by atoms with E-state index in [0.29, 0.717) is 12.3 Å². The molecule has 7 heteroatoms. The SMILES string of the molecule is COc1ccc(CNC(=O)c2nc(-c3oc4ccc(C)cc4c3C)no2)cc1. The molecule has 0 saturated carbocycles. The average Bonchev–Trinajstić information content (AvgIpc) is 3.32. The van der Waals surface area contributed by atoms with Gasteiger partial charge in [-0.2, -0.15) is 4.98 Å². The number of furan rings is 1.